The van der Waals surface area contributed by atoms with Crippen molar-refractivity contribution in [2.24, 2.45) is 0 Å². The molecule has 2 aromatic rings. The molecule has 3 rings (SSSR count). The van der Waals surface area contributed by atoms with Gasteiger partial charge in [-0.15, -0.1) is 0 Å². The summed E-state index contributed by atoms with van der Waals surface area (Å²) in [6.45, 7) is 10.1. The Bertz CT molecular complexity index is 612. The number of nitrogens with zero attached hydrogens (tertiary/aromatic N) is 3. The number of likely N-dealkylation sites (N-methyl/N-ethyl adjacent to an activating group) is 1. The lowest BCUT2D eigenvalue weighted by Crippen LogP contribution is -2.54. The lowest BCUT2D eigenvalue weighted by atomic mass is 10.00. The second-order valence-electron chi connectivity index (χ2n) is 7.19. The number of H-pyrrole nitrogens is 1. The Morgan fingerprint density at radius 3 is 2.55 bits per heavy atom. The quantitative estimate of drug-likeness (QED) is 0.925. The molecular formula is C18H26N4. The number of hydrogen-bond acceptors (Lipinski definition) is 3. The first-order valence-corrected chi connectivity index (χ1v) is 8.01. The highest BCUT2D eigenvalue weighted by molar-refractivity contribution is 5.58. The van der Waals surface area contributed by atoms with Crippen molar-refractivity contribution in [3.63, 3.8) is 0 Å². The zero-order chi connectivity index (χ0) is 15.7. The predicted molar refractivity (Wildman–Crippen MR) is 90.7 cm³/mol. The summed E-state index contributed by atoms with van der Waals surface area (Å²) in [4.78, 5) is 13.2. The number of aromatic amines is 1. The number of aromatic nitrogens is 2. The molecule has 1 saturated heterocycles. The van der Waals surface area contributed by atoms with Crippen molar-refractivity contribution in [1.82, 2.24) is 19.8 Å². The number of hydrogen-bond donors (Lipinski definition) is 1. The van der Waals surface area contributed by atoms with E-state index in [2.05, 4.69) is 66.9 Å². The summed E-state index contributed by atoms with van der Waals surface area (Å²) in [5.74, 6) is 1.07. The van der Waals surface area contributed by atoms with Crippen LogP contribution in [0.4, 0.5) is 0 Å². The van der Waals surface area contributed by atoms with Gasteiger partial charge in [0.1, 0.15) is 5.82 Å². The molecule has 1 N–H and O–H groups in total. The fourth-order valence-electron chi connectivity index (χ4n) is 3.23. The Morgan fingerprint density at radius 2 is 1.86 bits per heavy atom. The highest BCUT2D eigenvalue weighted by Gasteiger charge is 2.35. The molecule has 0 spiro atoms. The number of imidazole rings is 1. The first-order chi connectivity index (χ1) is 10.4. The SMILES string of the molecule is CN1CCN(C(C)(C)C)C(c2ncc(-c3ccccc3)[nH]2)C1. The Labute approximate surface area is 133 Å². The van der Waals surface area contributed by atoms with Gasteiger partial charge in [0.15, 0.2) is 0 Å². The van der Waals surface area contributed by atoms with Gasteiger partial charge in [-0.25, -0.2) is 4.98 Å². The summed E-state index contributed by atoms with van der Waals surface area (Å²) >= 11 is 0. The van der Waals surface area contributed by atoms with Crippen molar-refractivity contribution >= 4 is 0 Å². The van der Waals surface area contributed by atoms with Crippen molar-refractivity contribution in [2.75, 3.05) is 26.7 Å². The van der Waals surface area contributed by atoms with Crippen LogP contribution in [0.15, 0.2) is 36.5 Å². The van der Waals surface area contributed by atoms with Crippen LogP contribution >= 0.6 is 0 Å². The maximum Gasteiger partial charge on any atom is 0.125 e. The summed E-state index contributed by atoms with van der Waals surface area (Å²) in [6, 6.07) is 10.7. The highest BCUT2D eigenvalue weighted by Crippen LogP contribution is 2.31. The summed E-state index contributed by atoms with van der Waals surface area (Å²) < 4.78 is 0. The Hall–Kier alpha value is -1.65. The minimum absolute atomic E-state index is 0.144. The van der Waals surface area contributed by atoms with Crippen LogP contribution in [-0.4, -0.2) is 52.0 Å². The zero-order valence-corrected chi connectivity index (χ0v) is 14.0. The normalized spacial score (nSPS) is 21.2. The van der Waals surface area contributed by atoms with E-state index in [1.54, 1.807) is 0 Å². The second-order valence-corrected chi connectivity index (χ2v) is 7.19. The van der Waals surface area contributed by atoms with Crippen LogP contribution in [0.25, 0.3) is 11.3 Å². The molecule has 22 heavy (non-hydrogen) atoms. The van der Waals surface area contributed by atoms with Gasteiger partial charge < -0.3 is 9.88 Å². The van der Waals surface area contributed by atoms with Gasteiger partial charge in [0.2, 0.25) is 0 Å². The molecular weight excluding hydrogens is 272 g/mol. The average molecular weight is 298 g/mol. The molecule has 4 nitrogen and oxygen atoms in total. The molecule has 1 aliphatic heterocycles. The van der Waals surface area contributed by atoms with E-state index in [1.165, 1.54) is 5.56 Å². The largest absolute Gasteiger partial charge is 0.341 e. The van der Waals surface area contributed by atoms with Crippen molar-refractivity contribution < 1.29 is 0 Å². The van der Waals surface area contributed by atoms with Crippen LogP contribution < -0.4 is 0 Å². The van der Waals surface area contributed by atoms with Crippen LogP contribution in [0.3, 0.4) is 0 Å². The Kier molecular flexibility index (Phi) is 4.06. The van der Waals surface area contributed by atoms with Crippen LogP contribution in [0.1, 0.15) is 32.6 Å². The number of rotatable bonds is 2. The smallest absolute Gasteiger partial charge is 0.125 e. The average Bonchev–Trinajstić information content (AvgIpc) is 2.96. The molecule has 0 bridgehead atoms. The van der Waals surface area contributed by atoms with E-state index in [4.69, 9.17) is 4.98 Å². The lowest BCUT2D eigenvalue weighted by Gasteiger charge is -2.46. The van der Waals surface area contributed by atoms with Gasteiger partial charge in [0, 0.05) is 25.2 Å². The third-order valence-corrected chi connectivity index (χ3v) is 4.44. The zero-order valence-electron chi connectivity index (χ0n) is 14.0. The highest BCUT2D eigenvalue weighted by atomic mass is 15.3. The number of piperazine rings is 1. The molecule has 0 aliphatic carbocycles. The van der Waals surface area contributed by atoms with Crippen molar-refractivity contribution in [3.05, 3.63) is 42.4 Å². The first-order valence-electron chi connectivity index (χ1n) is 8.01. The fraction of sp³-hybridized carbons (Fsp3) is 0.500. The molecule has 1 aliphatic rings. The molecule has 0 saturated carbocycles. The maximum atomic E-state index is 4.69. The van der Waals surface area contributed by atoms with Gasteiger partial charge in [-0.1, -0.05) is 30.3 Å². The van der Waals surface area contributed by atoms with E-state index in [0.717, 1.165) is 31.2 Å². The second kappa shape index (κ2) is 5.86. The molecule has 1 atom stereocenters. The first kappa shape index (κ1) is 15.3. The van der Waals surface area contributed by atoms with Gasteiger partial charge in [-0.2, -0.15) is 0 Å². The van der Waals surface area contributed by atoms with Crippen LogP contribution in [0, 0.1) is 0 Å². The van der Waals surface area contributed by atoms with E-state index in [-0.39, 0.29) is 5.54 Å². The Morgan fingerprint density at radius 1 is 1.14 bits per heavy atom. The van der Waals surface area contributed by atoms with Gasteiger partial charge >= 0.3 is 0 Å². The minimum Gasteiger partial charge on any atom is -0.341 e. The molecule has 0 radical (unpaired) electrons. The lowest BCUT2D eigenvalue weighted by molar-refractivity contribution is 0.0145. The topological polar surface area (TPSA) is 35.2 Å². The number of benzene rings is 1. The van der Waals surface area contributed by atoms with Crippen LogP contribution in [-0.2, 0) is 0 Å². The summed E-state index contributed by atoms with van der Waals surface area (Å²) in [7, 11) is 2.19. The van der Waals surface area contributed by atoms with Gasteiger partial charge in [-0.3, -0.25) is 4.90 Å². The summed E-state index contributed by atoms with van der Waals surface area (Å²) in [5, 5.41) is 0. The third-order valence-electron chi connectivity index (χ3n) is 4.44. The molecule has 2 heterocycles. The van der Waals surface area contributed by atoms with Crippen molar-refractivity contribution in [3.8, 4) is 11.3 Å². The van der Waals surface area contributed by atoms with E-state index >= 15 is 0 Å². The van der Waals surface area contributed by atoms with E-state index in [0.29, 0.717) is 6.04 Å². The predicted octanol–water partition coefficient (Wildman–Crippen LogP) is 3.16. The molecule has 1 fully saturated rings. The van der Waals surface area contributed by atoms with Crippen LogP contribution in [0.2, 0.25) is 0 Å². The summed E-state index contributed by atoms with van der Waals surface area (Å²) in [5.41, 5.74) is 2.43. The minimum atomic E-state index is 0.144. The molecule has 118 valence electrons. The maximum absolute atomic E-state index is 4.69. The van der Waals surface area contributed by atoms with Crippen LogP contribution in [0.5, 0.6) is 0 Å². The molecule has 1 unspecified atom stereocenters. The van der Waals surface area contributed by atoms with E-state index in [1.807, 2.05) is 12.3 Å². The van der Waals surface area contributed by atoms with E-state index in [9.17, 15) is 0 Å². The monoisotopic (exact) mass is 298 g/mol. The van der Waals surface area contributed by atoms with E-state index < -0.39 is 0 Å². The fourth-order valence-corrected chi connectivity index (χ4v) is 3.23. The van der Waals surface area contributed by atoms with Crippen molar-refractivity contribution in [2.45, 2.75) is 32.4 Å². The molecule has 1 aromatic carbocycles. The third kappa shape index (κ3) is 3.08. The summed E-state index contributed by atoms with van der Waals surface area (Å²) in [6.07, 6.45) is 1.96. The molecule has 0 amide bonds. The molecule has 4 heteroatoms. The standard InChI is InChI=1S/C18H26N4/c1-18(2,3)22-11-10-21(4)13-16(22)17-19-12-15(20-17)14-8-6-5-7-9-14/h5-9,12,16H,10-11,13H2,1-4H3,(H,19,20). The molecule has 1 aromatic heterocycles. The van der Waals surface area contributed by atoms with Gasteiger partial charge in [-0.05, 0) is 33.4 Å². The van der Waals surface area contributed by atoms with Crippen molar-refractivity contribution in [1.29, 1.82) is 0 Å². The number of nitrogens with one attached hydrogen (secondary N) is 1. The van der Waals surface area contributed by atoms with Gasteiger partial charge in [0.25, 0.3) is 0 Å². The Balaban J connectivity index is 1.90. The van der Waals surface area contributed by atoms with Gasteiger partial charge in [0.05, 0.1) is 17.9 Å².